The minimum atomic E-state index is 0.806. The molecule has 96 valence electrons. The fourth-order valence-corrected chi connectivity index (χ4v) is 2.57. The van der Waals surface area contributed by atoms with Crippen molar-refractivity contribution in [1.82, 2.24) is 5.32 Å². The third-order valence-corrected chi connectivity index (χ3v) is 3.58. The molecule has 3 heteroatoms. The van der Waals surface area contributed by atoms with Crippen molar-refractivity contribution in [2.24, 2.45) is 0 Å². The number of methoxy groups -OCH3 is 1. The zero-order valence-corrected chi connectivity index (χ0v) is 11.9. The first-order valence-corrected chi connectivity index (χ1v) is 7.18. The number of nitrogens with one attached hydrogen (secondary N) is 1. The summed E-state index contributed by atoms with van der Waals surface area (Å²) in [5, 5.41) is 3.46. The number of rotatable bonds is 8. The first-order valence-electron chi connectivity index (χ1n) is 6.20. The van der Waals surface area contributed by atoms with Gasteiger partial charge in [0.25, 0.3) is 0 Å². The van der Waals surface area contributed by atoms with Crippen LogP contribution in [0.4, 0.5) is 0 Å². The molecule has 1 rings (SSSR count). The second kappa shape index (κ2) is 8.56. The summed E-state index contributed by atoms with van der Waals surface area (Å²) in [4.78, 5) is 1.37. The molecule has 1 aromatic rings. The Balaban J connectivity index is 2.59. The standard InChI is InChI=1S/C14H23NOS/c1-4-7-15-11-13-10-12(2)5-6-14(13)17-9-8-16-3/h5-6,10,15H,4,7-9,11H2,1-3H3. The largest absolute Gasteiger partial charge is 0.384 e. The van der Waals surface area contributed by atoms with Crippen LogP contribution in [-0.4, -0.2) is 26.0 Å². The van der Waals surface area contributed by atoms with Crippen LogP contribution in [0.3, 0.4) is 0 Å². The van der Waals surface area contributed by atoms with Gasteiger partial charge in [-0.15, -0.1) is 11.8 Å². The second-order valence-corrected chi connectivity index (χ2v) is 5.27. The van der Waals surface area contributed by atoms with Crippen molar-refractivity contribution in [2.75, 3.05) is 26.0 Å². The maximum atomic E-state index is 5.09. The van der Waals surface area contributed by atoms with E-state index >= 15 is 0 Å². The summed E-state index contributed by atoms with van der Waals surface area (Å²) in [6.07, 6.45) is 1.18. The number of ether oxygens (including phenoxy) is 1. The third kappa shape index (κ3) is 5.57. The highest BCUT2D eigenvalue weighted by Crippen LogP contribution is 2.23. The predicted molar refractivity (Wildman–Crippen MR) is 75.8 cm³/mol. The van der Waals surface area contributed by atoms with Crippen LogP contribution in [0.25, 0.3) is 0 Å². The first-order chi connectivity index (χ1) is 8.27. The van der Waals surface area contributed by atoms with E-state index in [1.807, 2.05) is 11.8 Å². The molecule has 2 nitrogen and oxygen atoms in total. The average Bonchev–Trinajstić information content (AvgIpc) is 2.32. The minimum Gasteiger partial charge on any atom is -0.384 e. The molecule has 0 spiro atoms. The summed E-state index contributed by atoms with van der Waals surface area (Å²) in [5.41, 5.74) is 2.73. The molecule has 0 aliphatic carbocycles. The van der Waals surface area contributed by atoms with E-state index in [0.29, 0.717) is 0 Å². The Morgan fingerprint density at radius 2 is 2.18 bits per heavy atom. The second-order valence-electron chi connectivity index (χ2n) is 4.13. The first kappa shape index (κ1) is 14.6. The molecule has 0 fully saturated rings. The van der Waals surface area contributed by atoms with Gasteiger partial charge >= 0.3 is 0 Å². The normalized spacial score (nSPS) is 10.8. The maximum Gasteiger partial charge on any atom is 0.0556 e. The van der Waals surface area contributed by atoms with Crippen molar-refractivity contribution in [2.45, 2.75) is 31.7 Å². The van der Waals surface area contributed by atoms with Crippen molar-refractivity contribution in [3.05, 3.63) is 29.3 Å². The van der Waals surface area contributed by atoms with Gasteiger partial charge in [0.1, 0.15) is 0 Å². The highest BCUT2D eigenvalue weighted by molar-refractivity contribution is 7.99. The van der Waals surface area contributed by atoms with Gasteiger partial charge in [-0.25, -0.2) is 0 Å². The molecule has 0 aromatic heterocycles. The molecule has 0 amide bonds. The van der Waals surface area contributed by atoms with E-state index in [-0.39, 0.29) is 0 Å². The van der Waals surface area contributed by atoms with E-state index in [1.54, 1.807) is 7.11 Å². The lowest BCUT2D eigenvalue weighted by Gasteiger charge is -2.11. The van der Waals surface area contributed by atoms with Gasteiger partial charge in [-0.05, 0) is 31.5 Å². The topological polar surface area (TPSA) is 21.3 Å². The van der Waals surface area contributed by atoms with Crippen molar-refractivity contribution < 1.29 is 4.74 Å². The number of thioether (sulfide) groups is 1. The van der Waals surface area contributed by atoms with E-state index in [1.165, 1.54) is 22.4 Å². The highest BCUT2D eigenvalue weighted by atomic mass is 32.2. The van der Waals surface area contributed by atoms with Gasteiger partial charge in [0.2, 0.25) is 0 Å². The third-order valence-electron chi connectivity index (χ3n) is 2.50. The monoisotopic (exact) mass is 253 g/mol. The van der Waals surface area contributed by atoms with Crippen LogP contribution < -0.4 is 5.32 Å². The molecule has 0 aliphatic heterocycles. The van der Waals surface area contributed by atoms with Gasteiger partial charge < -0.3 is 10.1 Å². The summed E-state index contributed by atoms with van der Waals surface area (Å²) in [6.45, 7) is 7.19. The summed E-state index contributed by atoms with van der Waals surface area (Å²) < 4.78 is 5.09. The maximum absolute atomic E-state index is 5.09. The van der Waals surface area contributed by atoms with Gasteiger partial charge in [0.15, 0.2) is 0 Å². The molecule has 0 saturated carbocycles. The van der Waals surface area contributed by atoms with Crippen molar-refractivity contribution in [3.63, 3.8) is 0 Å². The molecule has 0 unspecified atom stereocenters. The van der Waals surface area contributed by atoms with E-state index in [0.717, 1.165) is 25.4 Å². The smallest absolute Gasteiger partial charge is 0.0556 e. The van der Waals surface area contributed by atoms with E-state index in [2.05, 4.69) is 37.4 Å². The molecule has 0 heterocycles. The zero-order valence-electron chi connectivity index (χ0n) is 11.1. The Morgan fingerprint density at radius 3 is 2.88 bits per heavy atom. The van der Waals surface area contributed by atoms with Crippen LogP contribution in [0, 0.1) is 6.92 Å². The molecular weight excluding hydrogens is 230 g/mol. The van der Waals surface area contributed by atoms with Crippen molar-refractivity contribution in [1.29, 1.82) is 0 Å². The molecular formula is C14H23NOS. The van der Waals surface area contributed by atoms with Crippen LogP contribution in [0.1, 0.15) is 24.5 Å². The molecule has 1 aromatic carbocycles. The van der Waals surface area contributed by atoms with Gasteiger partial charge in [0.05, 0.1) is 6.61 Å². The fourth-order valence-electron chi connectivity index (χ4n) is 1.62. The van der Waals surface area contributed by atoms with E-state index in [9.17, 15) is 0 Å². The lowest BCUT2D eigenvalue weighted by Crippen LogP contribution is -2.14. The summed E-state index contributed by atoms with van der Waals surface area (Å²) in [7, 11) is 1.75. The Hall–Kier alpha value is -0.510. The van der Waals surface area contributed by atoms with Gasteiger partial charge in [0, 0.05) is 24.3 Å². The van der Waals surface area contributed by atoms with Crippen LogP contribution in [0.5, 0.6) is 0 Å². The van der Waals surface area contributed by atoms with E-state index < -0.39 is 0 Å². The predicted octanol–water partition coefficient (Wildman–Crippen LogP) is 3.23. The van der Waals surface area contributed by atoms with E-state index in [4.69, 9.17) is 4.74 Å². The number of benzene rings is 1. The molecule has 1 N–H and O–H groups in total. The average molecular weight is 253 g/mol. The van der Waals surface area contributed by atoms with Crippen molar-refractivity contribution >= 4 is 11.8 Å². The number of hydrogen-bond acceptors (Lipinski definition) is 3. The zero-order chi connectivity index (χ0) is 12.5. The van der Waals surface area contributed by atoms with Crippen LogP contribution in [0.2, 0.25) is 0 Å². The van der Waals surface area contributed by atoms with Gasteiger partial charge in [-0.2, -0.15) is 0 Å². The van der Waals surface area contributed by atoms with Crippen LogP contribution in [0.15, 0.2) is 23.1 Å². The Morgan fingerprint density at radius 1 is 1.35 bits per heavy atom. The molecule has 0 bridgehead atoms. The summed E-state index contributed by atoms with van der Waals surface area (Å²) >= 11 is 1.87. The fraction of sp³-hybridized carbons (Fsp3) is 0.571. The Labute approximate surface area is 109 Å². The number of hydrogen-bond donors (Lipinski definition) is 1. The molecule has 0 saturated heterocycles. The molecule has 0 radical (unpaired) electrons. The molecule has 0 aliphatic rings. The molecule has 17 heavy (non-hydrogen) atoms. The van der Waals surface area contributed by atoms with Gasteiger partial charge in [-0.3, -0.25) is 0 Å². The highest BCUT2D eigenvalue weighted by Gasteiger charge is 2.03. The summed E-state index contributed by atoms with van der Waals surface area (Å²) in [5.74, 6) is 1.01. The lowest BCUT2D eigenvalue weighted by molar-refractivity contribution is 0.218. The Bertz CT molecular complexity index is 328. The van der Waals surface area contributed by atoms with Gasteiger partial charge in [-0.1, -0.05) is 24.6 Å². The minimum absolute atomic E-state index is 0.806. The molecule has 0 atom stereocenters. The van der Waals surface area contributed by atoms with Crippen molar-refractivity contribution in [3.8, 4) is 0 Å². The quantitative estimate of drug-likeness (QED) is 0.568. The van der Waals surface area contributed by atoms with Crippen LogP contribution >= 0.6 is 11.8 Å². The number of aryl methyl sites for hydroxylation is 1. The SMILES string of the molecule is CCCNCc1cc(C)ccc1SCCOC. The summed E-state index contributed by atoms with van der Waals surface area (Å²) in [6, 6.07) is 6.68. The Kier molecular flexibility index (Phi) is 7.33. The van der Waals surface area contributed by atoms with Crippen LogP contribution in [-0.2, 0) is 11.3 Å². The lowest BCUT2D eigenvalue weighted by atomic mass is 10.1.